The maximum atomic E-state index is 11.3. The van der Waals surface area contributed by atoms with Crippen LogP contribution in [0, 0.1) is 10.1 Å². The van der Waals surface area contributed by atoms with E-state index in [4.69, 9.17) is 9.47 Å². The molecule has 0 fully saturated rings. The molecule has 9 heteroatoms. The first-order chi connectivity index (χ1) is 14.2. The second-order valence-electron chi connectivity index (χ2n) is 6.11. The zero-order chi connectivity index (χ0) is 20.2. The van der Waals surface area contributed by atoms with Crippen LogP contribution in [0.4, 0.5) is 5.69 Å². The third-order valence-electron chi connectivity index (χ3n) is 4.26. The number of hydrogen-bond donors (Lipinski definition) is 0. The zero-order valence-corrected chi connectivity index (χ0v) is 16.5. The standard InChI is InChI=1S/C20H18N4O4S/c1-2-21-20-23(22-12-15-5-3-4-6-16(15)24(25)26)17(13-29-20)14-7-8-18-19(11-14)28-10-9-27-18/h3-8,11-13H,2,9-10H2,1H3/b21-20?,22-12-. The number of rotatable bonds is 5. The molecule has 148 valence electrons. The van der Waals surface area contributed by atoms with Crippen LogP contribution >= 0.6 is 11.3 Å². The summed E-state index contributed by atoms with van der Waals surface area (Å²) in [5.74, 6) is 1.40. The normalized spacial score (nSPS) is 13.8. The Morgan fingerprint density at radius 1 is 1.21 bits per heavy atom. The molecule has 0 aliphatic carbocycles. The van der Waals surface area contributed by atoms with Crippen molar-refractivity contribution >= 4 is 23.2 Å². The molecule has 8 nitrogen and oxygen atoms in total. The second-order valence-corrected chi connectivity index (χ2v) is 6.95. The summed E-state index contributed by atoms with van der Waals surface area (Å²) in [5.41, 5.74) is 2.13. The highest BCUT2D eigenvalue weighted by Crippen LogP contribution is 2.34. The van der Waals surface area contributed by atoms with Crippen molar-refractivity contribution in [2.45, 2.75) is 6.92 Å². The van der Waals surface area contributed by atoms with Crippen LogP contribution in [-0.4, -0.2) is 35.6 Å². The molecule has 0 N–H and O–H groups in total. The average molecular weight is 410 g/mol. The van der Waals surface area contributed by atoms with Crippen molar-refractivity contribution < 1.29 is 14.4 Å². The van der Waals surface area contributed by atoms with Crippen LogP contribution in [0.3, 0.4) is 0 Å². The third kappa shape index (κ3) is 3.90. The molecule has 1 aliphatic rings. The summed E-state index contributed by atoms with van der Waals surface area (Å²) in [6.45, 7) is 3.58. The van der Waals surface area contributed by atoms with E-state index in [2.05, 4.69) is 10.1 Å². The monoisotopic (exact) mass is 410 g/mol. The average Bonchev–Trinajstić information content (AvgIpc) is 3.15. The summed E-state index contributed by atoms with van der Waals surface area (Å²) in [6.07, 6.45) is 1.49. The highest BCUT2D eigenvalue weighted by Gasteiger charge is 2.15. The highest BCUT2D eigenvalue weighted by molar-refractivity contribution is 7.07. The maximum Gasteiger partial charge on any atom is 0.278 e. The predicted octanol–water partition coefficient (Wildman–Crippen LogP) is 3.70. The van der Waals surface area contributed by atoms with Gasteiger partial charge in [-0.1, -0.05) is 12.1 Å². The van der Waals surface area contributed by atoms with E-state index in [1.54, 1.807) is 22.9 Å². The topological polar surface area (TPSA) is 91.2 Å². The van der Waals surface area contributed by atoms with Gasteiger partial charge in [-0.25, -0.2) is 4.68 Å². The summed E-state index contributed by atoms with van der Waals surface area (Å²) in [6, 6.07) is 12.2. The number of ether oxygens (including phenoxy) is 2. The van der Waals surface area contributed by atoms with Crippen molar-refractivity contribution in [2.75, 3.05) is 19.8 Å². The Hall–Kier alpha value is -3.46. The Labute approximate surface area is 170 Å². The van der Waals surface area contributed by atoms with Gasteiger partial charge < -0.3 is 9.47 Å². The predicted molar refractivity (Wildman–Crippen MR) is 111 cm³/mol. The van der Waals surface area contributed by atoms with Gasteiger partial charge in [0.2, 0.25) is 4.80 Å². The number of nitrogens with zero attached hydrogens (tertiary/aromatic N) is 4. The summed E-state index contributed by atoms with van der Waals surface area (Å²) in [5, 5.41) is 17.7. The van der Waals surface area contributed by atoms with Crippen LogP contribution in [0.25, 0.3) is 11.3 Å². The van der Waals surface area contributed by atoms with E-state index in [-0.39, 0.29) is 5.69 Å². The number of nitro benzene ring substituents is 1. The number of fused-ring (bicyclic) bond motifs is 1. The van der Waals surface area contributed by atoms with Gasteiger partial charge in [0, 0.05) is 23.6 Å². The highest BCUT2D eigenvalue weighted by atomic mass is 32.1. The summed E-state index contributed by atoms with van der Waals surface area (Å²) < 4.78 is 13.0. The zero-order valence-electron chi connectivity index (χ0n) is 15.6. The molecule has 0 saturated heterocycles. The number of para-hydroxylation sites is 1. The number of thiazole rings is 1. The molecule has 0 spiro atoms. The summed E-state index contributed by atoms with van der Waals surface area (Å²) in [7, 11) is 0. The second kappa shape index (κ2) is 8.27. The molecular weight excluding hydrogens is 392 g/mol. The van der Waals surface area contributed by atoms with Gasteiger partial charge in [-0.15, -0.1) is 11.3 Å². The van der Waals surface area contributed by atoms with E-state index in [0.717, 1.165) is 11.3 Å². The number of benzene rings is 2. The summed E-state index contributed by atoms with van der Waals surface area (Å²) in [4.78, 5) is 16.0. The molecule has 0 atom stereocenters. The van der Waals surface area contributed by atoms with Gasteiger partial charge in [-0.2, -0.15) is 5.10 Å². The fourth-order valence-corrected chi connectivity index (χ4v) is 3.84. The third-order valence-corrected chi connectivity index (χ3v) is 5.12. The molecule has 0 unspecified atom stereocenters. The van der Waals surface area contributed by atoms with Gasteiger partial charge in [0.15, 0.2) is 11.5 Å². The molecule has 4 rings (SSSR count). The van der Waals surface area contributed by atoms with Crippen LogP contribution in [0.1, 0.15) is 12.5 Å². The van der Waals surface area contributed by atoms with Gasteiger partial charge in [-0.05, 0) is 31.2 Å². The Kier molecular flexibility index (Phi) is 5.39. The SMILES string of the molecule is CCN=c1scc(-c2ccc3c(c2)OCCO3)n1/N=C\c1ccccc1[N+](=O)[O-]. The van der Waals surface area contributed by atoms with Crippen LogP contribution in [-0.2, 0) is 0 Å². The Morgan fingerprint density at radius 2 is 2.00 bits per heavy atom. The largest absolute Gasteiger partial charge is 0.486 e. The van der Waals surface area contributed by atoms with E-state index in [0.29, 0.717) is 41.6 Å². The Morgan fingerprint density at radius 3 is 2.79 bits per heavy atom. The first-order valence-electron chi connectivity index (χ1n) is 9.06. The lowest BCUT2D eigenvalue weighted by Gasteiger charge is -2.18. The summed E-state index contributed by atoms with van der Waals surface area (Å²) >= 11 is 1.46. The van der Waals surface area contributed by atoms with Crippen LogP contribution in [0.5, 0.6) is 11.5 Å². The molecule has 0 bridgehead atoms. The molecule has 0 saturated carbocycles. The molecule has 29 heavy (non-hydrogen) atoms. The molecule has 2 aromatic carbocycles. The van der Waals surface area contributed by atoms with Gasteiger partial charge in [0.1, 0.15) is 13.2 Å². The molecule has 0 radical (unpaired) electrons. The quantitative estimate of drug-likeness (QED) is 0.364. The molecular formula is C20H18N4O4S. The molecule has 3 aromatic rings. The lowest BCUT2D eigenvalue weighted by Crippen LogP contribution is -2.15. The van der Waals surface area contributed by atoms with Gasteiger partial charge >= 0.3 is 0 Å². The first-order valence-corrected chi connectivity index (χ1v) is 9.94. The number of aromatic nitrogens is 1. The van der Waals surface area contributed by atoms with E-state index in [9.17, 15) is 10.1 Å². The lowest BCUT2D eigenvalue weighted by atomic mass is 10.1. The Bertz CT molecular complexity index is 1150. The van der Waals surface area contributed by atoms with E-state index in [1.165, 1.54) is 23.6 Å². The van der Waals surface area contributed by atoms with Crippen LogP contribution in [0.2, 0.25) is 0 Å². The van der Waals surface area contributed by atoms with Crippen molar-refractivity contribution in [3.63, 3.8) is 0 Å². The van der Waals surface area contributed by atoms with E-state index < -0.39 is 4.92 Å². The van der Waals surface area contributed by atoms with Gasteiger partial charge in [-0.3, -0.25) is 15.1 Å². The molecule has 2 heterocycles. The minimum atomic E-state index is -0.418. The molecule has 1 aromatic heterocycles. The van der Waals surface area contributed by atoms with Crippen molar-refractivity contribution in [1.82, 2.24) is 4.68 Å². The first kappa shape index (κ1) is 18.9. The number of nitro groups is 1. The van der Waals surface area contributed by atoms with Crippen LogP contribution in [0.15, 0.2) is 57.9 Å². The minimum absolute atomic E-state index is 0.00180. The van der Waals surface area contributed by atoms with Crippen molar-refractivity contribution in [2.24, 2.45) is 10.1 Å². The Balaban J connectivity index is 1.79. The fraction of sp³-hybridized carbons (Fsp3) is 0.200. The van der Waals surface area contributed by atoms with Crippen molar-refractivity contribution in [3.8, 4) is 22.8 Å². The smallest absolute Gasteiger partial charge is 0.278 e. The molecule has 1 aliphatic heterocycles. The minimum Gasteiger partial charge on any atom is -0.486 e. The van der Waals surface area contributed by atoms with Crippen molar-refractivity contribution in [1.29, 1.82) is 0 Å². The fourth-order valence-electron chi connectivity index (χ4n) is 2.94. The van der Waals surface area contributed by atoms with Crippen LogP contribution < -0.4 is 14.3 Å². The number of hydrogen-bond acceptors (Lipinski definition) is 7. The lowest BCUT2D eigenvalue weighted by molar-refractivity contribution is -0.385. The molecule has 0 amide bonds. The maximum absolute atomic E-state index is 11.3. The van der Waals surface area contributed by atoms with Gasteiger partial charge in [0.25, 0.3) is 5.69 Å². The van der Waals surface area contributed by atoms with Crippen molar-refractivity contribution in [3.05, 3.63) is 68.3 Å². The van der Waals surface area contributed by atoms with Gasteiger partial charge in [0.05, 0.1) is 22.4 Å². The van der Waals surface area contributed by atoms with E-state index >= 15 is 0 Å². The van der Waals surface area contributed by atoms with E-state index in [1.807, 2.05) is 30.5 Å².